The van der Waals surface area contributed by atoms with Gasteiger partial charge in [0, 0.05) is 25.5 Å². The number of aromatic nitrogens is 1. The Morgan fingerprint density at radius 1 is 1.62 bits per heavy atom. The van der Waals surface area contributed by atoms with Crippen LogP contribution in [0.2, 0.25) is 0 Å². The minimum Gasteiger partial charge on any atom is -0.396 e. The van der Waals surface area contributed by atoms with E-state index in [4.69, 9.17) is 5.11 Å². The highest BCUT2D eigenvalue weighted by Gasteiger charge is 2.30. The number of hydrogen-bond donors (Lipinski definition) is 1. The summed E-state index contributed by atoms with van der Waals surface area (Å²) in [6.07, 6.45) is 0.406. The van der Waals surface area contributed by atoms with E-state index in [-0.39, 0.29) is 18.4 Å². The number of halogens is 1. The zero-order valence-corrected chi connectivity index (χ0v) is 10.6. The summed E-state index contributed by atoms with van der Waals surface area (Å²) in [6.45, 7) is 2.55. The van der Waals surface area contributed by atoms with Crippen molar-refractivity contribution in [3.63, 3.8) is 0 Å². The summed E-state index contributed by atoms with van der Waals surface area (Å²) in [4.78, 5) is 17.6. The minimum atomic E-state index is 0.0299. The van der Waals surface area contributed by atoms with Crippen LogP contribution in [0, 0.1) is 12.8 Å². The second-order valence-electron chi connectivity index (χ2n) is 4.03. The van der Waals surface area contributed by atoms with Crippen LogP contribution in [0.25, 0.3) is 0 Å². The van der Waals surface area contributed by atoms with Gasteiger partial charge in [-0.3, -0.25) is 9.69 Å². The third-order valence-electron chi connectivity index (χ3n) is 2.76. The van der Waals surface area contributed by atoms with Crippen LogP contribution >= 0.6 is 15.9 Å². The van der Waals surface area contributed by atoms with E-state index in [1.807, 2.05) is 19.1 Å². The van der Waals surface area contributed by atoms with Gasteiger partial charge in [-0.15, -0.1) is 0 Å². The van der Waals surface area contributed by atoms with Crippen LogP contribution in [-0.4, -0.2) is 29.1 Å². The van der Waals surface area contributed by atoms with Crippen molar-refractivity contribution >= 4 is 27.7 Å². The molecule has 1 amide bonds. The maximum absolute atomic E-state index is 11.7. The van der Waals surface area contributed by atoms with Gasteiger partial charge in [0.1, 0.15) is 10.4 Å². The number of amides is 1. The van der Waals surface area contributed by atoms with Gasteiger partial charge in [0.05, 0.1) is 0 Å². The summed E-state index contributed by atoms with van der Waals surface area (Å²) in [6, 6.07) is 3.75. The van der Waals surface area contributed by atoms with Crippen LogP contribution in [-0.2, 0) is 4.79 Å². The fourth-order valence-electron chi connectivity index (χ4n) is 1.77. The first-order valence-electron chi connectivity index (χ1n) is 5.16. The summed E-state index contributed by atoms with van der Waals surface area (Å²) in [5.74, 6) is 0.718. The highest BCUT2D eigenvalue weighted by atomic mass is 79.9. The zero-order valence-electron chi connectivity index (χ0n) is 8.98. The van der Waals surface area contributed by atoms with E-state index in [0.717, 1.165) is 10.2 Å². The molecule has 1 N–H and O–H groups in total. The van der Waals surface area contributed by atoms with Crippen LogP contribution < -0.4 is 4.90 Å². The minimum absolute atomic E-state index is 0.0299. The van der Waals surface area contributed by atoms with E-state index < -0.39 is 0 Å². The molecule has 1 aliphatic heterocycles. The molecule has 0 radical (unpaired) electrons. The number of rotatable bonds is 2. The summed E-state index contributed by atoms with van der Waals surface area (Å²) >= 11 is 3.35. The van der Waals surface area contributed by atoms with E-state index in [0.29, 0.717) is 18.8 Å². The van der Waals surface area contributed by atoms with Crippen molar-refractivity contribution in [3.8, 4) is 0 Å². The predicted molar refractivity (Wildman–Crippen MR) is 64.2 cm³/mol. The Hall–Kier alpha value is -0.940. The van der Waals surface area contributed by atoms with Gasteiger partial charge in [-0.05, 0) is 34.5 Å². The Morgan fingerprint density at radius 2 is 2.38 bits per heavy atom. The van der Waals surface area contributed by atoms with Gasteiger partial charge >= 0.3 is 0 Å². The first-order chi connectivity index (χ1) is 7.61. The van der Waals surface area contributed by atoms with E-state index in [9.17, 15) is 4.79 Å². The van der Waals surface area contributed by atoms with Gasteiger partial charge < -0.3 is 5.11 Å². The smallest absolute Gasteiger partial charge is 0.228 e. The maximum Gasteiger partial charge on any atom is 0.228 e. The van der Waals surface area contributed by atoms with Crippen LogP contribution in [0.1, 0.15) is 12.0 Å². The molecule has 86 valence electrons. The molecule has 5 heteroatoms. The van der Waals surface area contributed by atoms with Crippen LogP contribution in [0.3, 0.4) is 0 Å². The molecule has 2 rings (SSSR count). The molecular weight excluding hydrogens is 272 g/mol. The molecular formula is C11H13BrN2O2. The average Bonchev–Trinajstić information content (AvgIpc) is 2.64. The Labute approximate surface area is 102 Å². The second kappa shape index (κ2) is 4.51. The molecule has 1 saturated heterocycles. The standard InChI is InChI=1S/C11H13BrN2O2/c1-7-2-3-9(13-11(7)12)14-5-8(6-15)4-10(14)16/h2-3,8,15H,4-6H2,1H3. The third kappa shape index (κ3) is 2.10. The van der Waals surface area contributed by atoms with Crippen molar-refractivity contribution in [1.82, 2.24) is 4.98 Å². The van der Waals surface area contributed by atoms with Gasteiger partial charge in [0.2, 0.25) is 5.91 Å². The van der Waals surface area contributed by atoms with Gasteiger partial charge in [0.25, 0.3) is 0 Å². The molecule has 1 atom stereocenters. The molecule has 2 heterocycles. The first-order valence-corrected chi connectivity index (χ1v) is 5.95. The molecule has 0 saturated carbocycles. The fraction of sp³-hybridized carbons (Fsp3) is 0.455. The largest absolute Gasteiger partial charge is 0.396 e. The molecule has 1 unspecified atom stereocenters. The monoisotopic (exact) mass is 284 g/mol. The van der Waals surface area contributed by atoms with Gasteiger partial charge in [0.15, 0.2) is 0 Å². The lowest BCUT2D eigenvalue weighted by molar-refractivity contribution is -0.117. The summed E-state index contributed by atoms with van der Waals surface area (Å²) < 4.78 is 0.755. The normalized spacial score (nSPS) is 20.6. The lowest BCUT2D eigenvalue weighted by Crippen LogP contribution is -2.25. The number of hydrogen-bond acceptors (Lipinski definition) is 3. The summed E-state index contributed by atoms with van der Waals surface area (Å²) in [5, 5.41) is 9.04. The van der Waals surface area contributed by atoms with Crippen molar-refractivity contribution < 1.29 is 9.90 Å². The highest BCUT2D eigenvalue weighted by molar-refractivity contribution is 9.10. The Bertz CT molecular complexity index is 422. The lowest BCUT2D eigenvalue weighted by Gasteiger charge is -2.15. The van der Waals surface area contributed by atoms with Crippen molar-refractivity contribution in [1.29, 1.82) is 0 Å². The number of anilines is 1. The third-order valence-corrected chi connectivity index (χ3v) is 3.56. The molecule has 1 aromatic rings. The van der Waals surface area contributed by atoms with E-state index in [1.165, 1.54) is 0 Å². The van der Waals surface area contributed by atoms with Crippen molar-refractivity contribution in [2.24, 2.45) is 5.92 Å². The van der Waals surface area contributed by atoms with E-state index in [2.05, 4.69) is 20.9 Å². The number of pyridine rings is 1. The number of carbonyl (C=O) groups is 1. The molecule has 16 heavy (non-hydrogen) atoms. The number of carbonyl (C=O) groups excluding carboxylic acids is 1. The molecule has 0 bridgehead atoms. The predicted octanol–water partition coefficient (Wildman–Crippen LogP) is 1.50. The maximum atomic E-state index is 11.7. The van der Waals surface area contributed by atoms with Crippen LogP contribution in [0.5, 0.6) is 0 Å². The van der Waals surface area contributed by atoms with Gasteiger partial charge in [-0.25, -0.2) is 4.98 Å². The SMILES string of the molecule is Cc1ccc(N2CC(CO)CC2=O)nc1Br. The highest BCUT2D eigenvalue weighted by Crippen LogP contribution is 2.25. The second-order valence-corrected chi connectivity index (χ2v) is 4.79. The van der Waals surface area contributed by atoms with Crippen molar-refractivity contribution in [2.45, 2.75) is 13.3 Å². The quantitative estimate of drug-likeness (QED) is 0.838. The fourth-order valence-corrected chi connectivity index (χ4v) is 2.08. The summed E-state index contributed by atoms with van der Waals surface area (Å²) in [5.41, 5.74) is 1.04. The number of aliphatic hydroxyl groups is 1. The first kappa shape index (κ1) is 11.5. The topological polar surface area (TPSA) is 53.4 Å². The van der Waals surface area contributed by atoms with E-state index in [1.54, 1.807) is 4.90 Å². The molecule has 1 aliphatic rings. The van der Waals surface area contributed by atoms with Crippen molar-refractivity contribution in [2.75, 3.05) is 18.1 Å². The average molecular weight is 285 g/mol. The molecule has 1 aromatic heterocycles. The molecule has 0 aliphatic carbocycles. The van der Waals surface area contributed by atoms with Gasteiger partial charge in [-0.2, -0.15) is 0 Å². The molecule has 4 nitrogen and oxygen atoms in total. The zero-order chi connectivity index (χ0) is 11.7. The molecule has 1 fully saturated rings. The molecule has 0 aromatic carbocycles. The van der Waals surface area contributed by atoms with E-state index >= 15 is 0 Å². The Kier molecular flexibility index (Phi) is 3.25. The lowest BCUT2D eigenvalue weighted by atomic mass is 10.1. The number of aliphatic hydroxyl groups excluding tert-OH is 1. The summed E-state index contributed by atoms with van der Waals surface area (Å²) in [7, 11) is 0. The Morgan fingerprint density at radius 3 is 2.94 bits per heavy atom. The molecule has 0 spiro atoms. The number of nitrogens with zero attached hydrogens (tertiary/aromatic N) is 2. The van der Waals surface area contributed by atoms with Crippen LogP contribution in [0.15, 0.2) is 16.7 Å². The van der Waals surface area contributed by atoms with Gasteiger partial charge in [-0.1, -0.05) is 6.07 Å². The number of aryl methyl sites for hydroxylation is 1. The van der Waals surface area contributed by atoms with Crippen molar-refractivity contribution in [3.05, 3.63) is 22.3 Å². The Balaban J connectivity index is 2.24. The van der Waals surface area contributed by atoms with Crippen LogP contribution in [0.4, 0.5) is 5.82 Å².